The number of aryl methyl sites for hydroxylation is 2. The minimum atomic E-state index is -3.86. The van der Waals surface area contributed by atoms with Crippen LogP contribution in [-0.2, 0) is 23.0 Å². The second-order valence-electron chi connectivity index (χ2n) is 6.95. The van der Waals surface area contributed by atoms with Crippen LogP contribution in [0.5, 0.6) is 0 Å². The summed E-state index contributed by atoms with van der Waals surface area (Å²) in [5.41, 5.74) is 3.31. The summed E-state index contributed by atoms with van der Waals surface area (Å²) in [5.74, 6) is 1.01. The zero-order chi connectivity index (χ0) is 21.3. The molecule has 0 amide bonds. The molecule has 0 bridgehead atoms. The van der Waals surface area contributed by atoms with Gasteiger partial charge in [-0.3, -0.25) is 4.57 Å². The van der Waals surface area contributed by atoms with E-state index in [1.54, 1.807) is 16.7 Å². The highest BCUT2D eigenvalue weighted by Crippen LogP contribution is 2.28. The van der Waals surface area contributed by atoms with Gasteiger partial charge in [-0.2, -0.15) is 4.98 Å². The van der Waals surface area contributed by atoms with Crippen molar-refractivity contribution in [2.24, 2.45) is 5.14 Å². The van der Waals surface area contributed by atoms with Crippen LogP contribution >= 0.6 is 0 Å². The van der Waals surface area contributed by atoms with Crippen molar-refractivity contribution in [3.63, 3.8) is 0 Å². The van der Waals surface area contributed by atoms with E-state index in [1.807, 2.05) is 50.2 Å². The smallest absolute Gasteiger partial charge is 0.256 e. The SMILES string of the molecule is CCc1nnc(-n2c(C)cc3c(S(N)(=O)=O)cccc32)nc1NCc1ccccc1. The molecule has 154 valence electrons. The number of hydrogen-bond donors (Lipinski definition) is 2. The number of benzene rings is 2. The third kappa shape index (κ3) is 3.77. The van der Waals surface area contributed by atoms with Crippen LogP contribution < -0.4 is 10.5 Å². The quantitative estimate of drug-likeness (QED) is 0.494. The topological polar surface area (TPSA) is 116 Å². The molecule has 0 aliphatic rings. The molecule has 0 saturated carbocycles. The molecule has 4 aromatic rings. The van der Waals surface area contributed by atoms with Gasteiger partial charge < -0.3 is 5.32 Å². The van der Waals surface area contributed by atoms with Gasteiger partial charge in [-0.05, 0) is 37.1 Å². The Morgan fingerprint density at radius 3 is 2.53 bits per heavy atom. The summed E-state index contributed by atoms with van der Waals surface area (Å²) in [7, 11) is -3.86. The average Bonchev–Trinajstić information content (AvgIpc) is 3.07. The van der Waals surface area contributed by atoms with Crippen molar-refractivity contribution in [2.45, 2.75) is 31.7 Å². The summed E-state index contributed by atoms with van der Waals surface area (Å²) in [6.45, 7) is 4.46. The Kier molecular flexibility index (Phi) is 5.23. The Morgan fingerprint density at radius 1 is 1.07 bits per heavy atom. The fraction of sp³-hybridized carbons (Fsp3) is 0.190. The van der Waals surface area contributed by atoms with Crippen molar-refractivity contribution in [3.8, 4) is 5.95 Å². The fourth-order valence-corrected chi connectivity index (χ4v) is 4.18. The van der Waals surface area contributed by atoms with Gasteiger partial charge in [0.2, 0.25) is 10.0 Å². The van der Waals surface area contributed by atoms with E-state index in [9.17, 15) is 8.42 Å². The minimum Gasteiger partial charge on any atom is -0.364 e. The maximum atomic E-state index is 12.0. The van der Waals surface area contributed by atoms with E-state index in [4.69, 9.17) is 10.1 Å². The predicted octanol–water partition coefficient (Wildman–Crippen LogP) is 2.95. The molecule has 2 aromatic heterocycles. The molecular weight excluding hydrogens is 400 g/mol. The van der Waals surface area contributed by atoms with Crippen molar-refractivity contribution >= 4 is 26.7 Å². The van der Waals surface area contributed by atoms with Crippen LogP contribution in [0, 0.1) is 6.92 Å². The number of nitrogens with zero attached hydrogens (tertiary/aromatic N) is 4. The van der Waals surface area contributed by atoms with Crippen LogP contribution in [0.4, 0.5) is 5.82 Å². The van der Waals surface area contributed by atoms with Crippen LogP contribution in [0.25, 0.3) is 16.9 Å². The number of nitrogens with one attached hydrogen (secondary N) is 1. The van der Waals surface area contributed by atoms with Gasteiger partial charge in [0.15, 0.2) is 5.82 Å². The second-order valence-corrected chi connectivity index (χ2v) is 8.48. The number of sulfonamides is 1. The summed E-state index contributed by atoms with van der Waals surface area (Å²) in [6.07, 6.45) is 0.679. The van der Waals surface area contributed by atoms with Crippen LogP contribution in [0.15, 0.2) is 59.5 Å². The normalized spacial score (nSPS) is 11.7. The monoisotopic (exact) mass is 422 g/mol. The van der Waals surface area contributed by atoms with Gasteiger partial charge in [0.1, 0.15) is 5.69 Å². The first kappa shape index (κ1) is 20.0. The lowest BCUT2D eigenvalue weighted by molar-refractivity contribution is 0.598. The van der Waals surface area contributed by atoms with Gasteiger partial charge in [0, 0.05) is 17.6 Å². The van der Waals surface area contributed by atoms with Crippen molar-refractivity contribution in [3.05, 3.63) is 71.5 Å². The summed E-state index contributed by atoms with van der Waals surface area (Å²) in [6, 6.07) is 16.7. The van der Waals surface area contributed by atoms with E-state index in [0.29, 0.717) is 35.6 Å². The first-order chi connectivity index (χ1) is 14.4. The van der Waals surface area contributed by atoms with Crippen molar-refractivity contribution in [2.75, 3.05) is 5.32 Å². The number of aromatic nitrogens is 4. The van der Waals surface area contributed by atoms with Gasteiger partial charge in [-0.25, -0.2) is 13.6 Å². The van der Waals surface area contributed by atoms with E-state index in [0.717, 1.165) is 17.0 Å². The Bertz CT molecular complexity index is 1320. The van der Waals surface area contributed by atoms with Gasteiger partial charge in [0.25, 0.3) is 5.95 Å². The second kappa shape index (κ2) is 7.85. The third-order valence-electron chi connectivity index (χ3n) is 4.88. The van der Waals surface area contributed by atoms with Crippen LogP contribution in [0.1, 0.15) is 23.9 Å². The average molecular weight is 423 g/mol. The van der Waals surface area contributed by atoms with Gasteiger partial charge in [-0.1, -0.05) is 43.3 Å². The molecule has 9 heteroatoms. The molecule has 0 aliphatic carbocycles. The number of primary sulfonamides is 1. The molecule has 2 aromatic carbocycles. The van der Waals surface area contributed by atoms with Crippen molar-refractivity contribution < 1.29 is 8.42 Å². The summed E-state index contributed by atoms with van der Waals surface area (Å²) >= 11 is 0. The molecule has 30 heavy (non-hydrogen) atoms. The Hall–Kier alpha value is -3.30. The first-order valence-corrected chi connectivity index (χ1v) is 11.1. The maximum Gasteiger partial charge on any atom is 0.256 e. The molecule has 2 heterocycles. The lowest BCUT2D eigenvalue weighted by Crippen LogP contribution is -2.13. The number of fused-ring (bicyclic) bond motifs is 1. The number of anilines is 1. The van der Waals surface area contributed by atoms with Crippen molar-refractivity contribution in [1.82, 2.24) is 19.7 Å². The first-order valence-electron chi connectivity index (χ1n) is 9.54. The third-order valence-corrected chi connectivity index (χ3v) is 5.85. The lowest BCUT2D eigenvalue weighted by Gasteiger charge is -2.12. The highest BCUT2D eigenvalue weighted by molar-refractivity contribution is 7.89. The standard InChI is InChI=1S/C21H22N6O2S/c1-3-17-20(23-13-15-8-5-4-6-9-15)24-21(26-25-17)27-14(2)12-16-18(27)10-7-11-19(16)30(22,28)29/h4-12H,3,13H2,1-2H3,(H2,22,28,29)(H,23,24,26). The Labute approximate surface area is 174 Å². The van der Waals surface area contributed by atoms with Gasteiger partial charge in [0.05, 0.1) is 10.4 Å². The minimum absolute atomic E-state index is 0.0717. The maximum absolute atomic E-state index is 12.0. The van der Waals surface area contributed by atoms with E-state index in [-0.39, 0.29) is 4.90 Å². The summed E-state index contributed by atoms with van der Waals surface area (Å²) < 4.78 is 25.7. The van der Waals surface area contributed by atoms with E-state index >= 15 is 0 Å². The Morgan fingerprint density at radius 2 is 1.83 bits per heavy atom. The molecule has 4 rings (SSSR count). The number of nitrogens with two attached hydrogens (primary N) is 1. The molecule has 0 radical (unpaired) electrons. The van der Waals surface area contributed by atoms with E-state index in [1.165, 1.54) is 6.07 Å². The molecule has 0 fully saturated rings. The Balaban J connectivity index is 1.79. The fourth-order valence-electron chi connectivity index (χ4n) is 3.44. The molecular formula is C21H22N6O2S. The number of rotatable bonds is 6. The zero-order valence-electron chi connectivity index (χ0n) is 16.7. The van der Waals surface area contributed by atoms with Crippen LogP contribution in [0.2, 0.25) is 0 Å². The molecule has 8 nitrogen and oxygen atoms in total. The summed E-state index contributed by atoms with van der Waals surface area (Å²) in [5, 5.41) is 17.9. The van der Waals surface area contributed by atoms with Gasteiger partial charge in [-0.15, -0.1) is 10.2 Å². The summed E-state index contributed by atoms with van der Waals surface area (Å²) in [4.78, 5) is 4.77. The molecule has 0 spiro atoms. The van der Waals surface area contributed by atoms with Crippen LogP contribution in [0.3, 0.4) is 0 Å². The largest absolute Gasteiger partial charge is 0.364 e. The number of hydrogen-bond acceptors (Lipinski definition) is 6. The predicted molar refractivity (Wildman–Crippen MR) is 116 cm³/mol. The highest BCUT2D eigenvalue weighted by Gasteiger charge is 2.19. The van der Waals surface area contributed by atoms with Crippen LogP contribution in [-0.4, -0.2) is 28.2 Å². The van der Waals surface area contributed by atoms with Crippen molar-refractivity contribution in [1.29, 1.82) is 0 Å². The van der Waals surface area contributed by atoms with E-state index in [2.05, 4.69) is 15.5 Å². The molecule has 3 N–H and O–H groups in total. The van der Waals surface area contributed by atoms with E-state index < -0.39 is 10.0 Å². The zero-order valence-corrected chi connectivity index (χ0v) is 17.5. The highest BCUT2D eigenvalue weighted by atomic mass is 32.2. The molecule has 0 saturated heterocycles. The molecule has 0 aliphatic heterocycles. The molecule has 0 atom stereocenters. The van der Waals surface area contributed by atoms with Gasteiger partial charge >= 0.3 is 0 Å². The lowest BCUT2D eigenvalue weighted by atomic mass is 10.2. The molecule has 0 unspecified atom stereocenters.